The molecule has 0 radical (unpaired) electrons. The number of likely N-dealkylation sites (tertiary alicyclic amines) is 1. The van der Waals surface area contributed by atoms with E-state index in [0.717, 1.165) is 17.9 Å². The van der Waals surface area contributed by atoms with Crippen LogP contribution in [0.4, 0.5) is 0 Å². The molecule has 2 nitrogen and oxygen atoms in total. The Morgan fingerprint density at radius 1 is 1.12 bits per heavy atom. The highest BCUT2D eigenvalue weighted by Crippen LogP contribution is 2.29. The monoisotopic (exact) mass is 246 g/mol. The lowest BCUT2D eigenvalue weighted by Crippen LogP contribution is -2.33. The number of likely N-dealkylation sites (N-methyl/N-ethyl adjacent to an activating group) is 1. The summed E-state index contributed by atoms with van der Waals surface area (Å²) < 4.78 is 0. The molecular formula is C13H27ClN2. The first kappa shape index (κ1) is 14.3. The highest BCUT2D eigenvalue weighted by atomic mass is 35.5. The highest BCUT2D eigenvalue weighted by molar-refractivity contribution is 5.85. The average Bonchev–Trinajstić information content (AvgIpc) is 2.69. The third kappa shape index (κ3) is 3.90. The van der Waals surface area contributed by atoms with E-state index in [2.05, 4.69) is 24.2 Å². The van der Waals surface area contributed by atoms with E-state index in [1.807, 2.05) is 0 Å². The van der Waals surface area contributed by atoms with Crippen LogP contribution in [0.3, 0.4) is 0 Å². The van der Waals surface area contributed by atoms with Crippen molar-refractivity contribution in [2.45, 2.75) is 45.1 Å². The third-order valence-corrected chi connectivity index (χ3v) is 4.33. The van der Waals surface area contributed by atoms with Crippen LogP contribution in [0.5, 0.6) is 0 Å². The standard InChI is InChI=1S/C13H26N2.ClH/c1-11-3-5-12(6-4-11)9-15-8-7-13(10-15)14-2;/h11-14H,3-10H2,1-2H3;1H. The molecule has 1 aliphatic carbocycles. The Hall–Kier alpha value is 0.210. The van der Waals surface area contributed by atoms with Gasteiger partial charge in [0.1, 0.15) is 0 Å². The van der Waals surface area contributed by atoms with Crippen molar-refractivity contribution in [3.8, 4) is 0 Å². The Morgan fingerprint density at radius 3 is 2.38 bits per heavy atom. The highest BCUT2D eigenvalue weighted by Gasteiger charge is 2.25. The van der Waals surface area contributed by atoms with Crippen molar-refractivity contribution in [3.63, 3.8) is 0 Å². The van der Waals surface area contributed by atoms with E-state index in [0.29, 0.717) is 0 Å². The summed E-state index contributed by atoms with van der Waals surface area (Å²) in [6, 6.07) is 0.757. The second-order valence-electron chi connectivity index (χ2n) is 5.66. The number of hydrogen-bond donors (Lipinski definition) is 1. The number of nitrogens with one attached hydrogen (secondary N) is 1. The smallest absolute Gasteiger partial charge is 0.0204 e. The van der Waals surface area contributed by atoms with E-state index in [-0.39, 0.29) is 12.4 Å². The van der Waals surface area contributed by atoms with E-state index in [9.17, 15) is 0 Å². The SMILES string of the molecule is CNC1CCN(CC2CCC(C)CC2)C1.Cl. The van der Waals surface area contributed by atoms with Crippen LogP contribution in [0.25, 0.3) is 0 Å². The summed E-state index contributed by atoms with van der Waals surface area (Å²) in [4.78, 5) is 2.67. The minimum absolute atomic E-state index is 0. The molecule has 0 aromatic heterocycles. The van der Waals surface area contributed by atoms with Crippen molar-refractivity contribution >= 4 is 12.4 Å². The molecule has 0 aromatic carbocycles. The van der Waals surface area contributed by atoms with Gasteiger partial charge < -0.3 is 10.2 Å². The lowest BCUT2D eigenvalue weighted by Gasteiger charge is -2.29. The van der Waals surface area contributed by atoms with E-state index in [1.54, 1.807) is 0 Å². The largest absolute Gasteiger partial charge is 0.316 e. The van der Waals surface area contributed by atoms with E-state index >= 15 is 0 Å². The molecule has 2 aliphatic rings. The fourth-order valence-corrected chi connectivity index (χ4v) is 3.11. The summed E-state index contributed by atoms with van der Waals surface area (Å²) in [5.41, 5.74) is 0. The average molecular weight is 247 g/mol. The molecule has 1 saturated heterocycles. The molecule has 16 heavy (non-hydrogen) atoms. The molecule has 0 aromatic rings. The van der Waals surface area contributed by atoms with Crippen molar-refractivity contribution in [3.05, 3.63) is 0 Å². The molecule has 1 heterocycles. The number of hydrogen-bond acceptors (Lipinski definition) is 2. The van der Waals surface area contributed by atoms with Gasteiger partial charge in [0, 0.05) is 19.1 Å². The van der Waals surface area contributed by atoms with Crippen LogP contribution in [0.15, 0.2) is 0 Å². The lowest BCUT2D eigenvalue weighted by molar-refractivity contribution is 0.207. The maximum absolute atomic E-state index is 3.40. The van der Waals surface area contributed by atoms with Crippen molar-refractivity contribution in [2.75, 3.05) is 26.7 Å². The fraction of sp³-hybridized carbons (Fsp3) is 1.00. The zero-order chi connectivity index (χ0) is 10.7. The summed E-state index contributed by atoms with van der Waals surface area (Å²) in [6.45, 7) is 6.37. The third-order valence-electron chi connectivity index (χ3n) is 4.33. The predicted octanol–water partition coefficient (Wildman–Crippen LogP) is 2.53. The minimum Gasteiger partial charge on any atom is -0.316 e. The molecule has 1 unspecified atom stereocenters. The van der Waals surface area contributed by atoms with Crippen molar-refractivity contribution in [1.82, 2.24) is 10.2 Å². The molecule has 2 fully saturated rings. The second kappa shape index (κ2) is 6.83. The van der Waals surface area contributed by atoms with Gasteiger partial charge in [-0.25, -0.2) is 0 Å². The molecule has 0 spiro atoms. The molecule has 1 aliphatic heterocycles. The normalized spacial score (nSPS) is 36.0. The van der Waals surface area contributed by atoms with Crippen LogP contribution >= 0.6 is 12.4 Å². The van der Waals surface area contributed by atoms with Gasteiger partial charge in [0.2, 0.25) is 0 Å². The van der Waals surface area contributed by atoms with Gasteiger partial charge >= 0.3 is 0 Å². The van der Waals surface area contributed by atoms with Gasteiger partial charge in [0.25, 0.3) is 0 Å². The first-order valence-corrected chi connectivity index (χ1v) is 6.67. The zero-order valence-electron chi connectivity index (χ0n) is 10.7. The molecular weight excluding hydrogens is 220 g/mol. The van der Waals surface area contributed by atoms with Crippen molar-refractivity contribution in [2.24, 2.45) is 11.8 Å². The Kier molecular flexibility index (Phi) is 6.09. The maximum atomic E-state index is 3.40. The molecule has 1 N–H and O–H groups in total. The van der Waals surface area contributed by atoms with Crippen LogP contribution in [0, 0.1) is 11.8 Å². The van der Waals surface area contributed by atoms with Crippen LogP contribution in [0.1, 0.15) is 39.0 Å². The summed E-state index contributed by atoms with van der Waals surface area (Å²) in [6.07, 6.45) is 7.23. The van der Waals surface area contributed by atoms with Gasteiger partial charge in [0.05, 0.1) is 0 Å². The molecule has 0 bridgehead atoms. The molecule has 2 rings (SSSR count). The van der Waals surface area contributed by atoms with Gasteiger partial charge in [-0.05, 0) is 44.7 Å². The first-order valence-electron chi connectivity index (χ1n) is 6.67. The van der Waals surface area contributed by atoms with Crippen LogP contribution in [-0.4, -0.2) is 37.6 Å². The molecule has 3 heteroatoms. The fourth-order valence-electron chi connectivity index (χ4n) is 3.11. The predicted molar refractivity (Wildman–Crippen MR) is 72.3 cm³/mol. The lowest BCUT2D eigenvalue weighted by atomic mass is 9.83. The molecule has 96 valence electrons. The van der Waals surface area contributed by atoms with Crippen molar-refractivity contribution in [1.29, 1.82) is 0 Å². The first-order chi connectivity index (χ1) is 7.28. The van der Waals surface area contributed by atoms with E-state index < -0.39 is 0 Å². The van der Waals surface area contributed by atoms with Gasteiger partial charge in [-0.3, -0.25) is 0 Å². The number of rotatable bonds is 3. The summed E-state index contributed by atoms with van der Waals surface area (Å²) >= 11 is 0. The minimum atomic E-state index is 0. The van der Waals surface area contributed by atoms with E-state index in [4.69, 9.17) is 0 Å². The molecule has 1 atom stereocenters. The summed E-state index contributed by atoms with van der Waals surface area (Å²) in [7, 11) is 2.09. The second-order valence-corrected chi connectivity index (χ2v) is 5.66. The topological polar surface area (TPSA) is 15.3 Å². The number of nitrogens with zero attached hydrogens (tertiary/aromatic N) is 1. The van der Waals surface area contributed by atoms with Crippen LogP contribution in [-0.2, 0) is 0 Å². The van der Waals surface area contributed by atoms with Gasteiger partial charge in [-0.2, -0.15) is 0 Å². The molecule has 0 amide bonds. The quantitative estimate of drug-likeness (QED) is 0.824. The van der Waals surface area contributed by atoms with Gasteiger partial charge in [-0.15, -0.1) is 12.4 Å². The Labute approximate surface area is 107 Å². The maximum Gasteiger partial charge on any atom is 0.0204 e. The van der Waals surface area contributed by atoms with E-state index in [1.165, 1.54) is 51.7 Å². The summed E-state index contributed by atoms with van der Waals surface area (Å²) in [5, 5.41) is 3.40. The van der Waals surface area contributed by atoms with Gasteiger partial charge in [0.15, 0.2) is 0 Å². The Bertz CT molecular complexity index is 190. The van der Waals surface area contributed by atoms with Crippen molar-refractivity contribution < 1.29 is 0 Å². The molecule has 1 saturated carbocycles. The Balaban J connectivity index is 0.00000128. The van der Waals surface area contributed by atoms with Gasteiger partial charge in [-0.1, -0.05) is 19.8 Å². The summed E-state index contributed by atoms with van der Waals surface area (Å²) in [5.74, 6) is 1.99. The number of halogens is 1. The van der Waals surface area contributed by atoms with Crippen LogP contribution in [0.2, 0.25) is 0 Å². The Morgan fingerprint density at radius 2 is 1.81 bits per heavy atom. The zero-order valence-corrected chi connectivity index (χ0v) is 11.6. The van der Waals surface area contributed by atoms with Crippen LogP contribution < -0.4 is 5.32 Å².